The van der Waals surface area contributed by atoms with Crippen LogP contribution in [-0.4, -0.2) is 43.3 Å². The molecule has 0 heterocycles. The van der Waals surface area contributed by atoms with Gasteiger partial charge >= 0.3 is 19.8 Å². The van der Waals surface area contributed by atoms with Gasteiger partial charge in [0.2, 0.25) is 0 Å². The fraction of sp³-hybridized carbons (Fsp3) is 0.871. The second-order valence-corrected chi connectivity index (χ2v) is 12.2. The molecule has 0 saturated heterocycles. The van der Waals surface area contributed by atoms with Gasteiger partial charge in [-0.15, -0.1) is 0 Å². The Labute approximate surface area is 244 Å². The van der Waals surface area contributed by atoms with Gasteiger partial charge in [-0.3, -0.25) is 18.6 Å². The Hall–Kier alpha value is -1.21. The summed E-state index contributed by atoms with van der Waals surface area (Å²) in [6.45, 7) is 3.79. The molecule has 0 spiro atoms. The van der Waals surface area contributed by atoms with Crippen LogP contribution in [0.5, 0.6) is 0 Å². The summed E-state index contributed by atoms with van der Waals surface area (Å²) >= 11 is 0. The molecule has 1 N–H and O–H groups in total. The highest BCUT2D eigenvalue weighted by Crippen LogP contribution is 2.42. The molecular formula is C31H59O8P. The fourth-order valence-corrected chi connectivity index (χ4v) is 4.69. The second kappa shape index (κ2) is 27.9. The van der Waals surface area contributed by atoms with Gasteiger partial charge in [-0.05, 0) is 32.1 Å². The van der Waals surface area contributed by atoms with Crippen LogP contribution in [0.1, 0.15) is 149 Å². The molecule has 0 aromatic heterocycles. The lowest BCUT2D eigenvalue weighted by Crippen LogP contribution is -2.29. The number of phosphoric acid groups is 1. The van der Waals surface area contributed by atoms with E-state index >= 15 is 0 Å². The maximum Gasteiger partial charge on any atom is 0.472 e. The van der Waals surface area contributed by atoms with Crippen molar-refractivity contribution in [2.75, 3.05) is 20.3 Å². The minimum atomic E-state index is -4.24. The lowest BCUT2D eigenvalue weighted by Gasteiger charge is -2.19. The average Bonchev–Trinajstić information content (AvgIpc) is 2.94. The van der Waals surface area contributed by atoms with Gasteiger partial charge in [0.1, 0.15) is 6.61 Å². The minimum absolute atomic E-state index is 0.224. The van der Waals surface area contributed by atoms with E-state index in [4.69, 9.17) is 14.0 Å². The number of hydrogen-bond acceptors (Lipinski definition) is 7. The van der Waals surface area contributed by atoms with Crippen molar-refractivity contribution >= 4 is 19.8 Å². The third-order valence-corrected chi connectivity index (χ3v) is 7.70. The van der Waals surface area contributed by atoms with Crippen molar-refractivity contribution in [1.29, 1.82) is 0 Å². The van der Waals surface area contributed by atoms with Gasteiger partial charge in [-0.2, -0.15) is 0 Å². The highest BCUT2D eigenvalue weighted by Gasteiger charge is 2.24. The Balaban J connectivity index is 4.16. The smallest absolute Gasteiger partial charge is 0.462 e. The number of allylic oxidation sites excluding steroid dienone is 2. The van der Waals surface area contributed by atoms with Gasteiger partial charge in [0, 0.05) is 20.0 Å². The maximum absolute atomic E-state index is 12.3. The first-order valence-corrected chi connectivity index (χ1v) is 17.4. The highest BCUT2D eigenvalue weighted by molar-refractivity contribution is 7.47. The normalized spacial score (nSPS) is 13.8. The number of esters is 2. The standard InChI is InChI=1S/C31H59O8P/c1-4-6-8-10-12-14-16-18-20-22-24-26-31(33)39-29(28-38-40(34,35)36-3)27-37-30(32)25-23-21-19-17-15-13-11-9-7-5-2/h10,12,29H,4-9,11,13-28H2,1-3H3,(H,34,35)/b12-10-. The number of rotatable bonds is 29. The van der Waals surface area contributed by atoms with Crippen LogP contribution < -0.4 is 0 Å². The zero-order valence-corrected chi connectivity index (χ0v) is 26.6. The molecule has 0 aromatic carbocycles. The molecule has 8 nitrogen and oxygen atoms in total. The van der Waals surface area contributed by atoms with Crippen LogP contribution in [0.4, 0.5) is 0 Å². The Kier molecular flexibility index (Phi) is 27.1. The van der Waals surface area contributed by atoms with E-state index in [2.05, 4.69) is 30.5 Å². The van der Waals surface area contributed by atoms with Gasteiger partial charge in [0.25, 0.3) is 0 Å². The molecule has 0 radical (unpaired) electrons. The summed E-state index contributed by atoms with van der Waals surface area (Å²) < 4.78 is 31.6. The monoisotopic (exact) mass is 590 g/mol. The van der Waals surface area contributed by atoms with E-state index in [1.807, 2.05) is 0 Å². The van der Waals surface area contributed by atoms with Gasteiger partial charge in [-0.1, -0.05) is 116 Å². The molecule has 9 heteroatoms. The van der Waals surface area contributed by atoms with Gasteiger partial charge < -0.3 is 14.4 Å². The molecule has 0 aliphatic carbocycles. The molecule has 0 aromatic rings. The summed E-state index contributed by atoms with van der Waals surface area (Å²) in [5.74, 6) is -0.817. The zero-order valence-electron chi connectivity index (χ0n) is 25.7. The molecule has 0 aliphatic heterocycles. The van der Waals surface area contributed by atoms with Crippen molar-refractivity contribution in [3.05, 3.63) is 12.2 Å². The van der Waals surface area contributed by atoms with Crippen molar-refractivity contribution in [2.45, 2.75) is 155 Å². The topological polar surface area (TPSA) is 108 Å². The summed E-state index contributed by atoms with van der Waals surface area (Å²) in [4.78, 5) is 34.0. The predicted octanol–water partition coefficient (Wildman–Crippen LogP) is 8.99. The number of carbonyl (C=O) groups is 2. The van der Waals surface area contributed by atoms with Crippen LogP contribution >= 0.6 is 7.82 Å². The first-order chi connectivity index (χ1) is 19.3. The number of phosphoric ester groups is 1. The van der Waals surface area contributed by atoms with E-state index in [-0.39, 0.29) is 19.0 Å². The summed E-state index contributed by atoms with van der Waals surface area (Å²) in [6.07, 6.45) is 25.5. The summed E-state index contributed by atoms with van der Waals surface area (Å²) in [5, 5.41) is 0. The van der Waals surface area contributed by atoms with E-state index in [1.54, 1.807) is 0 Å². The van der Waals surface area contributed by atoms with Crippen molar-refractivity contribution in [2.24, 2.45) is 0 Å². The summed E-state index contributed by atoms with van der Waals surface area (Å²) in [5.41, 5.74) is 0. The van der Waals surface area contributed by atoms with Gasteiger partial charge in [-0.25, -0.2) is 4.57 Å². The quantitative estimate of drug-likeness (QED) is 0.0398. The van der Waals surface area contributed by atoms with Crippen LogP contribution in [-0.2, 0) is 32.7 Å². The van der Waals surface area contributed by atoms with E-state index in [0.29, 0.717) is 12.8 Å². The number of carbonyl (C=O) groups excluding carboxylic acids is 2. The lowest BCUT2D eigenvalue weighted by molar-refractivity contribution is -0.161. The largest absolute Gasteiger partial charge is 0.472 e. The van der Waals surface area contributed by atoms with Crippen LogP contribution in [0.3, 0.4) is 0 Å². The molecular weight excluding hydrogens is 531 g/mol. The van der Waals surface area contributed by atoms with Crippen molar-refractivity contribution < 1.29 is 37.6 Å². The summed E-state index contributed by atoms with van der Waals surface area (Å²) in [7, 11) is -3.19. The Morgan fingerprint density at radius 1 is 0.675 bits per heavy atom. The molecule has 2 atom stereocenters. The Bertz CT molecular complexity index is 682. The summed E-state index contributed by atoms with van der Waals surface area (Å²) in [6, 6.07) is 0. The number of ether oxygens (including phenoxy) is 2. The van der Waals surface area contributed by atoms with E-state index in [9.17, 15) is 19.0 Å². The van der Waals surface area contributed by atoms with Crippen LogP contribution in [0.2, 0.25) is 0 Å². The average molecular weight is 591 g/mol. The van der Waals surface area contributed by atoms with Crippen LogP contribution in [0, 0.1) is 0 Å². The molecule has 0 saturated carbocycles. The second-order valence-electron chi connectivity index (χ2n) is 10.6. The first kappa shape index (κ1) is 38.8. The lowest BCUT2D eigenvalue weighted by atomic mass is 10.1. The molecule has 2 unspecified atom stereocenters. The van der Waals surface area contributed by atoms with Crippen LogP contribution in [0.25, 0.3) is 0 Å². The third-order valence-electron chi connectivity index (χ3n) is 6.76. The van der Waals surface area contributed by atoms with Crippen LogP contribution in [0.15, 0.2) is 12.2 Å². The predicted molar refractivity (Wildman–Crippen MR) is 161 cm³/mol. The van der Waals surface area contributed by atoms with E-state index in [1.165, 1.54) is 57.8 Å². The third kappa shape index (κ3) is 27.0. The Morgan fingerprint density at radius 2 is 1.15 bits per heavy atom. The van der Waals surface area contributed by atoms with Crippen molar-refractivity contribution in [3.8, 4) is 0 Å². The zero-order chi connectivity index (χ0) is 29.7. The van der Waals surface area contributed by atoms with Crippen molar-refractivity contribution in [3.63, 3.8) is 0 Å². The van der Waals surface area contributed by atoms with E-state index < -0.39 is 26.5 Å². The molecule has 0 aliphatic rings. The Morgan fingerprint density at radius 3 is 1.70 bits per heavy atom. The number of hydrogen-bond donors (Lipinski definition) is 1. The molecule has 0 amide bonds. The maximum atomic E-state index is 12.3. The fourth-order valence-electron chi connectivity index (χ4n) is 4.23. The van der Waals surface area contributed by atoms with Gasteiger partial charge in [0.15, 0.2) is 6.10 Å². The SMILES string of the molecule is CCCC/C=C\CCCCCCCC(=O)OC(COC(=O)CCCCCCCCCCCC)COP(=O)(O)OC. The first-order valence-electron chi connectivity index (χ1n) is 15.9. The molecule has 0 bridgehead atoms. The van der Waals surface area contributed by atoms with Gasteiger partial charge in [0.05, 0.1) is 6.61 Å². The molecule has 0 fully saturated rings. The van der Waals surface area contributed by atoms with Crippen molar-refractivity contribution in [1.82, 2.24) is 0 Å². The molecule has 40 heavy (non-hydrogen) atoms. The molecule has 236 valence electrons. The minimum Gasteiger partial charge on any atom is -0.462 e. The molecule has 0 rings (SSSR count). The number of unbranched alkanes of at least 4 members (excludes halogenated alkanes) is 16. The van der Waals surface area contributed by atoms with E-state index in [0.717, 1.165) is 64.9 Å². The highest BCUT2D eigenvalue weighted by atomic mass is 31.2.